The fraction of sp³-hybridized carbons (Fsp3) is 0.455. The fourth-order valence-corrected chi connectivity index (χ4v) is 3.38. The minimum absolute atomic E-state index is 0.577. The molecule has 0 aromatic heterocycles. The minimum Gasteiger partial charge on any atom is -0.361 e. The summed E-state index contributed by atoms with van der Waals surface area (Å²) in [7, 11) is 0. The molecule has 0 aromatic rings. The van der Waals surface area contributed by atoms with E-state index in [1.165, 1.54) is 0 Å². The van der Waals surface area contributed by atoms with Gasteiger partial charge in [-0.1, -0.05) is 24.3 Å². The molecule has 0 fully saturated rings. The van der Waals surface area contributed by atoms with Crippen LogP contribution in [0.4, 0.5) is 0 Å². The van der Waals surface area contributed by atoms with Gasteiger partial charge in [0.2, 0.25) is 0 Å². The molecule has 0 rings (SSSR count). The van der Waals surface area contributed by atoms with Crippen LogP contribution in [0.3, 0.4) is 0 Å². The van der Waals surface area contributed by atoms with Crippen molar-refractivity contribution >= 4 is 69.3 Å². The quantitative estimate of drug-likeness (QED) is 0.117. The molecular weight excluding hydrogens is 505 g/mol. The van der Waals surface area contributed by atoms with Crippen LogP contribution in [-0.4, -0.2) is 95.7 Å². The Kier molecular flexibility index (Phi) is 19.8. The van der Waals surface area contributed by atoms with Crippen molar-refractivity contribution in [2.24, 2.45) is 0 Å². The molecule has 0 unspecified atom stereocenters. The first kappa shape index (κ1) is 31.7. The van der Waals surface area contributed by atoms with Crippen molar-refractivity contribution in [2.45, 2.75) is 0 Å². The maximum absolute atomic E-state index is 5.59. The van der Waals surface area contributed by atoms with Gasteiger partial charge in [0.05, 0.1) is 0 Å². The second-order valence-corrected chi connectivity index (χ2v) is 8.36. The van der Waals surface area contributed by atoms with E-state index in [-0.39, 0.29) is 0 Å². The average Bonchev–Trinajstić information content (AvgIpc) is 2.83. The highest BCUT2D eigenvalue weighted by Gasteiger charge is 2.14. The summed E-state index contributed by atoms with van der Waals surface area (Å²) < 4.78 is 0. The van der Waals surface area contributed by atoms with E-state index in [9.17, 15) is 0 Å². The maximum atomic E-state index is 5.59. The minimum atomic E-state index is 0.577. The summed E-state index contributed by atoms with van der Waals surface area (Å²) >= 11 is 21.7. The molecule has 8 nitrogen and oxygen atoms in total. The zero-order valence-electron chi connectivity index (χ0n) is 19.7. The largest absolute Gasteiger partial charge is 0.361 e. The van der Waals surface area contributed by atoms with Crippen molar-refractivity contribution in [2.75, 3.05) is 65.4 Å². The van der Waals surface area contributed by atoms with Crippen LogP contribution in [0.1, 0.15) is 0 Å². The van der Waals surface area contributed by atoms with Crippen molar-refractivity contribution < 1.29 is 0 Å². The third-order valence-corrected chi connectivity index (χ3v) is 5.54. The molecule has 0 amide bonds. The summed E-state index contributed by atoms with van der Waals surface area (Å²) in [4.78, 5) is 4.16. The predicted molar refractivity (Wildman–Crippen MR) is 162 cm³/mol. The average molecular weight is 543 g/mol. The van der Waals surface area contributed by atoms with Crippen LogP contribution < -0.4 is 31.9 Å². The Morgan fingerprint density at radius 3 is 1.15 bits per heavy atom. The van der Waals surface area contributed by atoms with E-state index >= 15 is 0 Å². The molecule has 0 aliphatic rings. The molecular formula is C22H38N8S4. The van der Waals surface area contributed by atoms with E-state index in [1.807, 2.05) is 0 Å². The first-order valence-corrected chi connectivity index (χ1v) is 12.5. The molecule has 0 heterocycles. The molecule has 6 N–H and O–H groups in total. The standard InChI is InChI=1S/C22H38N8S4/c1-5-9-23-19(31)25-13-15-29(21(33)27-11-7-3)17-18-30(22(34)28-12-8-4)16-14-26-20(32)24-10-6-2/h5-8H,1-4,9-18H2,(H,27,33)(H,28,34)(H2,23,25,31)(H2,24,26,32). The highest BCUT2D eigenvalue weighted by Crippen LogP contribution is 1.96. The summed E-state index contributed by atoms with van der Waals surface area (Å²) in [5.41, 5.74) is 0. The summed E-state index contributed by atoms with van der Waals surface area (Å²) in [5.74, 6) is 0. The molecule has 0 saturated carbocycles. The van der Waals surface area contributed by atoms with Gasteiger partial charge in [0.1, 0.15) is 0 Å². The van der Waals surface area contributed by atoms with Gasteiger partial charge in [-0.15, -0.1) is 26.3 Å². The molecule has 0 radical (unpaired) electrons. The number of nitrogens with zero attached hydrogens (tertiary/aromatic N) is 2. The second kappa shape index (κ2) is 21.3. The second-order valence-electron chi connectivity index (χ2n) is 6.77. The fourth-order valence-electron chi connectivity index (χ4n) is 2.48. The van der Waals surface area contributed by atoms with Crippen molar-refractivity contribution in [3.8, 4) is 0 Å². The molecule has 0 aliphatic heterocycles. The Hall–Kier alpha value is -2.28. The lowest BCUT2D eigenvalue weighted by atomic mass is 10.4. The number of rotatable bonds is 17. The van der Waals surface area contributed by atoms with Crippen LogP contribution in [0.15, 0.2) is 50.6 Å². The smallest absolute Gasteiger partial charge is 0.169 e. The van der Waals surface area contributed by atoms with Gasteiger partial charge in [-0.05, 0) is 48.9 Å². The zero-order valence-corrected chi connectivity index (χ0v) is 23.0. The van der Waals surface area contributed by atoms with Crippen LogP contribution in [0.25, 0.3) is 0 Å². The molecule has 0 bridgehead atoms. The van der Waals surface area contributed by atoms with Gasteiger partial charge in [0, 0.05) is 65.4 Å². The lowest BCUT2D eigenvalue weighted by molar-refractivity contribution is 0.337. The highest BCUT2D eigenvalue weighted by molar-refractivity contribution is 7.80. The normalized spacial score (nSPS) is 9.53. The van der Waals surface area contributed by atoms with E-state index in [2.05, 4.69) is 68.0 Å². The van der Waals surface area contributed by atoms with Crippen LogP contribution in [-0.2, 0) is 0 Å². The Labute approximate surface area is 226 Å². The zero-order chi connectivity index (χ0) is 25.6. The van der Waals surface area contributed by atoms with Crippen LogP contribution in [0, 0.1) is 0 Å². The Morgan fingerprint density at radius 2 is 0.824 bits per heavy atom. The molecule has 0 spiro atoms. The van der Waals surface area contributed by atoms with Gasteiger partial charge in [0.25, 0.3) is 0 Å². The molecule has 0 saturated heterocycles. The van der Waals surface area contributed by atoms with Gasteiger partial charge >= 0.3 is 0 Å². The highest BCUT2D eigenvalue weighted by atomic mass is 32.1. The van der Waals surface area contributed by atoms with Crippen LogP contribution >= 0.6 is 48.9 Å². The van der Waals surface area contributed by atoms with Crippen LogP contribution in [0.5, 0.6) is 0 Å². The molecule has 190 valence electrons. The first-order chi connectivity index (χ1) is 16.4. The molecule has 0 atom stereocenters. The van der Waals surface area contributed by atoms with Gasteiger partial charge < -0.3 is 41.7 Å². The summed E-state index contributed by atoms with van der Waals surface area (Å²) in [5, 5.41) is 21.3. The van der Waals surface area contributed by atoms with E-state index in [0.29, 0.717) is 85.9 Å². The van der Waals surface area contributed by atoms with Gasteiger partial charge in [0.15, 0.2) is 20.4 Å². The summed E-state index contributed by atoms with van der Waals surface area (Å²) in [6, 6.07) is 0. The lowest BCUT2D eigenvalue weighted by Crippen LogP contribution is -2.51. The van der Waals surface area contributed by atoms with Crippen LogP contribution in [0.2, 0.25) is 0 Å². The van der Waals surface area contributed by atoms with E-state index in [4.69, 9.17) is 48.9 Å². The van der Waals surface area contributed by atoms with Crippen molar-refractivity contribution in [3.05, 3.63) is 50.6 Å². The summed E-state index contributed by atoms with van der Waals surface area (Å²) in [6.45, 7) is 21.1. The molecule has 0 aromatic carbocycles. The SMILES string of the molecule is C=CCNC(=S)NCCN(CCN(CCNC(=S)NCC=C)C(=S)NCC=C)C(=S)NCC=C. The van der Waals surface area contributed by atoms with Gasteiger partial charge in [-0.3, -0.25) is 0 Å². The summed E-state index contributed by atoms with van der Waals surface area (Å²) in [6.07, 6.45) is 7.05. The Morgan fingerprint density at radius 1 is 0.500 bits per heavy atom. The van der Waals surface area contributed by atoms with E-state index in [1.54, 1.807) is 24.3 Å². The molecule has 34 heavy (non-hydrogen) atoms. The van der Waals surface area contributed by atoms with Crippen molar-refractivity contribution in [1.29, 1.82) is 0 Å². The number of nitrogens with one attached hydrogen (secondary N) is 6. The van der Waals surface area contributed by atoms with Gasteiger partial charge in [-0.2, -0.15) is 0 Å². The third kappa shape index (κ3) is 16.4. The van der Waals surface area contributed by atoms with Crippen molar-refractivity contribution in [1.82, 2.24) is 41.7 Å². The topological polar surface area (TPSA) is 78.7 Å². The predicted octanol–water partition coefficient (Wildman–Crippen LogP) is 1.01. The molecule has 12 heteroatoms. The maximum Gasteiger partial charge on any atom is 0.169 e. The molecule has 0 aliphatic carbocycles. The first-order valence-electron chi connectivity index (χ1n) is 10.9. The Bertz CT molecular complexity index is 640. The number of hydrogen-bond acceptors (Lipinski definition) is 4. The Balaban J connectivity index is 4.99. The number of hydrogen-bond donors (Lipinski definition) is 6. The van der Waals surface area contributed by atoms with Crippen molar-refractivity contribution in [3.63, 3.8) is 0 Å². The van der Waals surface area contributed by atoms with E-state index in [0.717, 1.165) is 0 Å². The van der Waals surface area contributed by atoms with Gasteiger partial charge in [-0.25, -0.2) is 0 Å². The van der Waals surface area contributed by atoms with E-state index < -0.39 is 0 Å². The third-order valence-electron chi connectivity index (χ3n) is 4.16. The lowest BCUT2D eigenvalue weighted by Gasteiger charge is -2.31. The monoisotopic (exact) mass is 542 g/mol. The number of thiocarbonyl (C=S) groups is 4.